The van der Waals surface area contributed by atoms with Crippen molar-refractivity contribution in [3.05, 3.63) is 86.7 Å². The Morgan fingerprint density at radius 2 is 1.61 bits per heavy atom. The van der Waals surface area contributed by atoms with Gasteiger partial charge in [-0.15, -0.1) is 0 Å². The first kappa shape index (κ1) is 26.0. The van der Waals surface area contributed by atoms with E-state index in [0.717, 1.165) is 34.3 Å². The predicted molar refractivity (Wildman–Crippen MR) is 154 cm³/mol. The highest BCUT2D eigenvalue weighted by atomic mass is 79.9. The van der Waals surface area contributed by atoms with Crippen molar-refractivity contribution >= 4 is 56.2 Å². The molecule has 0 atom stereocenters. The van der Waals surface area contributed by atoms with Crippen molar-refractivity contribution in [2.45, 2.75) is 33.6 Å². The zero-order chi connectivity index (χ0) is 25.7. The summed E-state index contributed by atoms with van der Waals surface area (Å²) in [6, 6.07) is 20.0. The highest BCUT2D eigenvalue weighted by Crippen LogP contribution is 2.40. The fraction of sp³-hybridized carbons (Fsp3) is 0.241. The van der Waals surface area contributed by atoms with Crippen molar-refractivity contribution in [2.24, 2.45) is 4.99 Å². The molecule has 0 radical (unpaired) electrons. The molecule has 0 saturated carbocycles. The number of anilines is 1. The highest BCUT2D eigenvalue weighted by molar-refractivity contribution is 9.10. The third-order valence-corrected chi connectivity index (χ3v) is 7.37. The van der Waals surface area contributed by atoms with E-state index in [2.05, 4.69) is 54.0 Å². The quantitative estimate of drug-likeness (QED) is 0.262. The van der Waals surface area contributed by atoms with Crippen LogP contribution in [0.3, 0.4) is 0 Å². The second-order valence-electron chi connectivity index (χ2n) is 8.15. The van der Waals surface area contributed by atoms with Crippen LogP contribution in [0.1, 0.15) is 37.5 Å². The normalized spacial score (nSPS) is 15.7. The molecule has 0 N–H and O–H groups in total. The van der Waals surface area contributed by atoms with E-state index >= 15 is 0 Å². The topological polar surface area (TPSA) is 51.1 Å². The van der Waals surface area contributed by atoms with Crippen LogP contribution in [-0.4, -0.2) is 24.8 Å². The number of thioether (sulfide) groups is 1. The molecule has 0 bridgehead atoms. The molecule has 3 aromatic carbocycles. The van der Waals surface area contributed by atoms with Crippen LogP contribution in [-0.2, 0) is 17.6 Å². The number of aryl methyl sites for hydroxylation is 2. The molecular weight excluding hydrogens is 536 g/mol. The number of hydrogen-bond acceptors (Lipinski definition) is 5. The molecule has 0 unspecified atom stereocenters. The molecule has 36 heavy (non-hydrogen) atoms. The van der Waals surface area contributed by atoms with Gasteiger partial charge in [-0.3, -0.25) is 9.69 Å². The first-order valence-electron chi connectivity index (χ1n) is 12.0. The number of rotatable bonds is 8. The molecule has 7 heteroatoms. The van der Waals surface area contributed by atoms with Gasteiger partial charge in [0.15, 0.2) is 16.7 Å². The lowest BCUT2D eigenvalue weighted by molar-refractivity contribution is -0.113. The Bertz CT molecular complexity index is 1300. The lowest BCUT2D eigenvalue weighted by Crippen LogP contribution is -2.28. The van der Waals surface area contributed by atoms with E-state index in [1.165, 1.54) is 22.9 Å². The van der Waals surface area contributed by atoms with Gasteiger partial charge >= 0.3 is 0 Å². The third-order valence-electron chi connectivity index (χ3n) is 5.81. The summed E-state index contributed by atoms with van der Waals surface area (Å²) in [6.45, 7) is 6.67. The summed E-state index contributed by atoms with van der Waals surface area (Å²) in [7, 11) is 1.61. The number of aliphatic imine (C=N–C) groups is 1. The molecule has 0 aromatic heterocycles. The van der Waals surface area contributed by atoms with Crippen molar-refractivity contribution in [3.63, 3.8) is 0 Å². The fourth-order valence-electron chi connectivity index (χ4n) is 3.86. The summed E-state index contributed by atoms with van der Waals surface area (Å²) in [5.74, 6) is 1.13. The molecule has 1 heterocycles. The van der Waals surface area contributed by atoms with Crippen LogP contribution >= 0.6 is 27.7 Å². The number of amides is 1. The molecular formula is C29H29BrN2O3S. The minimum absolute atomic E-state index is 0.113. The maximum Gasteiger partial charge on any atom is 0.271 e. The van der Waals surface area contributed by atoms with Crippen LogP contribution in [0.5, 0.6) is 11.5 Å². The number of hydrogen-bond donors (Lipinski definition) is 0. The van der Waals surface area contributed by atoms with Gasteiger partial charge in [0.25, 0.3) is 5.91 Å². The second kappa shape index (κ2) is 11.8. The molecule has 0 spiro atoms. The standard InChI is InChI=1S/C29H29BrN2O3S/c1-5-19-8-12-22(13-9-19)31-29-32(23-14-10-20(6-2)11-15-23)28(33)26(36-29)18-21-16-24(30)27(34-4)25(17-21)35-7-3/h8-18H,5-7H2,1-4H3/b26-18-,31-29?. The number of halogens is 1. The van der Waals surface area contributed by atoms with Crippen LogP contribution in [0.15, 0.2) is 75.0 Å². The minimum atomic E-state index is -0.113. The van der Waals surface area contributed by atoms with Crippen LogP contribution < -0.4 is 14.4 Å². The summed E-state index contributed by atoms with van der Waals surface area (Å²) < 4.78 is 12.0. The van der Waals surface area contributed by atoms with E-state index < -0.39 is 0 Å². The molecule has 1 aliphatic rings. The van der Waals surface area contributed by atoms with Crippen LogP contribution in [0.25, 0.3) is 6.08 Å². The smallest absolute Gasteiger partial charge is 0.271 e. The Labute approximate surface area is 225 Å². The van der Waals surface area contributed by atoms with E-state index in [1.54, 1.807) is 12.0 Å². The molecule has 1 saturated heterocycles. The van der Waals surface area contributed by atoms with Crippen molar-refractivity contribution in [3.8, 4) is 11.5 Å². The van der Waals surface area contributed by atoms with Gasteiger partial charge < -0.3 is 9.47 Å². The SMILES string of the molecule is CCOc1cc(/C=C2\SC(=Nc3ccc(CC)cc3)N(c3ccc(CC)cc3)C2=O)cc(Br)c1OC. The van der Waals surface area contributed by atoms with Gasteiger partial charge in [-0.1, -0.05) is 38.1 Å². The summed E-state index contributed by atoms with van der Waals surface area (Å²) in [6.07, 6.45) is 3.78. The van der Waals surface area contributed by atoms with Gasteiger partial charge in [0, 0.05) is 0 Å². The molecule has 1 fully saturated rings. The van der Waals surface area contributed by atoms with Gasteiger partial charge in [-0.05, 0) is 107 Å². The molecule has 5 nitrogen and oxygen atoms in total. The van der Waals surface area contributed by atoms with E-state index in [9.17, 15) is 4.79 Å². The number of amidine groups is 1. The average Bonchev–Trinajstić information content (AvgIpc) is 3.18. The number of ether oxygens (including phenoxy) is 2. The lowest BCUT2D eigenvalue weighted by Gasteiger charge is -2.16. The van der Waals surface area contributed by atoms with Gasteiger partial charge in [0.2, 0.25) is 0 Å². The fourth-order valence-corrected chi connectivity index (χ4v) is 5.48. The first-order chi connectivity index (χ1) is 17.5. The Morgan fingerprint density at radius 3 is 2.19 bits per heavy atom. The van der Waals surface area contributed by atoms with Crippen molar-refractivity contribution < 1.29 is 14.3 Å². The van der Waals surface area contributed by atoms with Crippen molar-refractivity contribution in [2.75, 3.05) is 18.6 Å². The third kappa shape index (κ3) is 5.68. The zero-order valence-electron chi connectivity index (χ0n) is 20.9. The van der Waals surface area contributed by atoms with Gasteiger partial charge in [-0.25, -0.2) is 4.99 Å². The van der Waals surface area contributed by atoms with E-state index in [0.29, 0.717) is 28.2 Å². The number of benzene rings is 3. The summed E-state index contributed by atoms with van der Waals surface area (Å²) in [5.41, 5.74) is 4.90. The van der Waals surface area contributed by atoms with Gasteiger partial charge in [-0.2, -0.15) is 0 Å². The number of carbonyl (C=O) groups excluding carboxylic acids is 1. The molecule has 186 valence electrons. The predicted octanol–water partition coefficient (Wildman–Crippen LogP) is 7.79. The van der Waals surface area contributed by atoms with E-state index in [4.69, 9.17) is 14.5 Å². The van der Waals surface area contributed by atoms with Gasteiger partial charge in [0.05, 0.1) is 34.5 Å². The Morgan fingerprint density at radius 1 is 0.972 bits per heavy atom. The highest BCUT2D eigenvalue weighted by Gasteiger charge is 2.35. The molecule has 4 rings (SSSR count). The van der Waals surface area contributed by atoms with Crippen LogP contribution in [0, 0.1) is 0 Å². The van der Waals surface area contributed by atoms with E-state index in [1.807, 2.05) is 49.4 Å². The monoisotopic (exact) mass is 564 g/mol. The maximum absolute atomic E-state index is 13.7. The Balaban J connectivity index is 1.76. The maximum atomic E-state index is 13.7. The Kier molecular flexibility index (Phi) is 8.54. The van der Waals surface area contributed by atoms with E-state index in [-0.39, 0.29) is 5.91 Å². The minimum Gasteiger partial charge on any atom is -0.492 e. The summed E-state index contributed by atoms with van der Waals surface area (Å²) >= 11 is 4.93. The number of methoxy groups -OCH3 is 1. The van der Waals surface area contributed by atoms with Crippen molar-refractivity contribution in [1.29, 1.82) is 0 Å². The van der Waals surface area contributed by atoms with Crippen LogP contribution in [0.2, 0.25) is 0 Å². The molecule has 0 aliphatic carbocycles. The second-order valence-corrected chi connectivity index (χ2v) is 10.0. The van der Waals surface area contributed by atoms with Gasteiger partial charge in [0.1, 0.15) is 0 Å². The number of carbonyl (C=O) groups is 1. The van der Waals surface area contributed by atoms with Crippen LogP contribution in [0.4, 0.5) is 11.4 Å². The summed E-state index contributed by atoms with van der Waals surface area (Å²) in [4.78, 5) is 20.8. The Hall–Kier alpha value is -3.03. The van der Waals surface area contributed by atoms with Crippen molar-refractivity contribution in [1.82, 2.24) is 0 Å². The zero-order valence-corrected chi connectivity index (χ0v) is 23.3. The lowest BCUT2D eigenvalue weighted by atomic mass is 10.1. The average molecular weight is 566 g/mol. The summed E-state index contributed by atoms with van der Waals surface area (Å²) in [5, 5.41) is 0.623. The molecule has 1 aliphatic heterocycles. The number of nitrogens with zero attached hydrogens (tertiary/aromatic N) is 2. The largest absolute Gasteiger partial charge is 0.492 e. The first-order valence-corrected chi connectivity index (χ1v) is 13.6. The molecule has 3 aromatic rings. The molecule has 1 amide bonds.